The second-order valence-corrected chi connectivity index (χ2v) is 7.13. The van der Waals surface area contributed by atoms with Gasteiger partial charge in [0, 0.05) is 26.8 Å². The van der Waals surface area contributed by atoms with Crippen LogP contribution in [-0.2, 0) is 6.54 Å². The van der Waals surface area contributed by atoms with Crippen molar-refractivity contribution >= 4 is 62.1 Å². The van der Waals surface area contributed by atoms with Crippen LogP contribution in [0.4, 0.5) is 5.69 Å². The number of benzene rings is 2. The largest absolute Gasteiger partial charge is 0.358 e. The van der Waals surface area contributed by atoms with Gasteiger partial charge in [-0.05, 0) is 67.0 Å². The SMILES string of the molecule is Cc1cc(Br)cc(C)c1NC(=S)NCc1ccc(Cl)cc1Cl. The van der Waals surface area contributed by atoms with Crippen LogP contribution in [0.3, 0.4) is 0 Å². The molecule has 0 heterocycles. The average Bonchev–Trinajstić information content (AvgIpc) is 2.42. The molecule has 2 N–H and O–H groups in total. The average molecular weight is 418 g/mol. The van der Waals surface area contributed by atoms with Crippen LogP contribution in [0.15, 0.2) is 34.8 Å². The van der Waals surface area contributed by atoms with Gasteiger partial charge in [-0.15, -0.1) is 0 Å². The number of thiocarbonyl (C=S) groups is 1. The Kier molecular flexibility index (Phi) is 6.09. The Balaban J connectivity index is 2.02. The summed E-state index contributed by atoms with van der Waals surface area (Å²) in [4.78, 5) is 0. The Labute approximate surface area is 154 Å². The maximum absolute atomic E-state index is 6.15. The smallest absolute Gasteiger partial charge is 0.171 e. The van der Waals surface area contributed by atoms with Crippen molar-refractivity contribution in [3.63, 3.8) is 0 Å². The zero-order valence-corrected chi connectivity index (χ0v) is 16.1. The molecular formula is C16H15BrCl2N2S. The third kappa shape index (κ3) is 4.59. The highest BCUT2D eigenvalue weighted by atomic mass is 79.9. The van der Waals surface area contributed by atoms with Gasteiger partial charge >= 0.3 is 0 Å². The Hall–Kier alpha value is -0.810. The molecule has 0 unspecified atom stereocenters. The molecule has 0 aliphatic heterocycles. The first-order valence-corrected chi connectivity index (χ1v) is 8.58. The molecule has 0 aliphatic rings. The van der Waals surface area contributed by atoms with Crippen molar-refractivity contribution in [1.82, 2.24) is 5.32 Å². The van der Waals surface area contributed by atoms with E-state index in [1.54, 1.807) is 6.07 Å². The molecule has 0 bridgehead atoms. The van der Waals surface area contributed by atoms with Crippen LogP contribution in [0.1, 0.15) is 16.7 Å². The molecule has 0 radical (unpaired) electrons. The van der Waals surface area contributed by atoms with E-state index in [1.165, 1.54) is 0 Å². The lowest BCUT2D eigenvalue weighted by atomic mass is 10.1. The lowest BCUT2D eigenvalue weighted by molar-refractivity contribution is 0.925. The van der Waals surface area contributed by atoms with Gasteiger partial charge in [0.05, 0.1) is 0 Å². The molecule has 0 fully saturated rings. The molecule has 0 aromatic heterocycles. The zero-order chi connectivity index (χ0) is 16.3. The number of hydrogen-bond donors (Lipinski definition) is 2. The highest BCUT2D eigenvalue weighted by Crippen LogP contribution is 2.25. The summed E-state index contributed by atoms with van der Waals surface area (Å²) in [5.74, 6) is 0. The number of halogens is 3. The van der Waals surface area contributed by atoms with Gasteiger partial charge in [0.15, 0.2) is 5.11 Å². The van der Waals surface area contributed by atoms with E-state index in [0.29, 0.717) is 21.7 Å². The monoisotopic (exact) mass is 416 g/mol. The van der Waals surface area contributed by atoms with Crippen molar-refractivity contribution in [2.45, 2.75) is 20.4 Å². The topological polar surface area (TPSA) is 24.1 Å². The van der Waals surface area contributed by atoms with Crippen LogP contribution in [0.2, 0.25) is 10.0 Å². The maximum atomic E-state index is 6.15. The van der Waals surface area contributed by atoms with Crippen molar-refractivity contribution in [2.75, 3.05) is 5.32 Å². The van der Waals surface area contributed by atoms with Crippen LogP contribution in [-0.4, -0.2) is 5.11 Å². The normalized spacial score (nSPS) is 10.4. The van der Waals surface area contributed by atoms with Crippen molar-refractivity contribution in [3.8, 4) is 0 Å². The summed E-state index contributed by atoms with van der Waals surface area (Å²) < 4.78 is 1.06. The molecule has 2 aromatic rings. The first-order valence-electron chi connectivity index (χ1n) is 6.62. The van der Waals surface area contributed by atoms with Gasteiger partial charge in [0.25, 0.3) is 0 Å². The lowest BCUT2D eigenvalue weighted by Gasteiger charge is -2.15. The van der Waals surface area contributed by atoms with Gasteiger partial charge in [0.2, 0.25) is 0 Å². The summed E-state index contributed by atoms with van der Waals surface area (Å²) in [5.41, 5.74) is 4.21. The van der Waals surface area contributed by atoms with E-state index in [0.717, 1.165) is 26.9 Å². The summed E-state index contributed by atoms with van der Waals surface area (Å²) in [6.07, 6.45) is 0. The highest BCUT2D eigenvalue weighted by Gasteiger charge is 2.07. The minimum absolute atomic E-state index is 0.538. The van der Waals surface area contributed by atoms with Gasteiger partial charge in [-0.2, -0.15) is 0 Å². The highest BCUT2D eigenvalue weighted by molar-refractivity contribution is 9.10. The molecular weight excluding hydrogens is 403 g/mol. The molecule has 6 heteroatoms. The number of nitrogens with one attached hydrogen (secondary N) is 2. The number of anilines is 1. The summed E-state index contributed by atoms with van der Waals surface area (Å²) in [6, 6.07) is 9.52. The molecule has 2 nitrogen and oxygen atoms in total. The molecule has 0 atom stereocenters. The van der Waals surface area contributed by atoms with Crippen molar-refractivity contribution in [3.05, 3.63) is 61.5 Å². The fraction of sp³-hybridized carbons (Fsp3) is 0.188. The van der Waals surface area contributed by atoms with Crippen LogP contribution in [0.5, 0.6) is 0 Å². The van der Waals surface area contributed by atoms with Gasteiger partial charge < -0.3 is 10.6 Å². The second kappa shape index (κ2) is 7.64. The number of aryl methyl sites for hydroxylation is 2. The summed E-state index contributed by atoms with van der Waals surface area (Å²) in [5, 5.41) is 8.19. The van der Waals surface area contributed by atoms with Gasteiger partial charge in [-0.3, -0.25) is 0 Å². The Morgan fingerprint density at radius 3 is 2.36 bits per heavy atom. The molecule has 22 heavy (non-hydrogen) atoms. The second-order valence-electron chi connectivity index (χ2n) is 4.96. The first kappa shape index (κ1) is 17.5. The predicted molar refractivity (Wildman–Crippen MR) is 103 cm³/mol. The van der Waals surface area contributed by atoms with Crippen LogP contribution in [0.25, 0.3) is 0 Å². The van der Waals surface area contributed by atoms with Crippen molar-refractivity contribution in [2.24, 2.45) is 0 Å². The fourth-order valence-electron chi connectivity index (χ4n) is 2.11. The molecule has 2 rings (SSSR count). The summed E-state index contributed by atoms with van der Waals surface area (Å²) in [6.45, 7) is 4.62. The first-order chi connectivity index (χ1) is 10.4. The van der Waals surface area contributed by atoms with E-state index in [2.05, 4.69) is 26.6 Å². The van der Waals surface area contributed by atoms with Crippen LogP contribution >= 0.6 is 51.3 Å². The molecule has 0 amide bonds. The zero-order valence-electron chi connectivity index (χ0n) is 12.1. The molecule has 2 aromatic carbocycles. The Bertz CT molecular complexity index is 696. The molecule has 0 saturated heterocycles. The maximum Gasteiger partial charge on any atom is 0.171 e. The summed E-state index contributed by atoms with van der Waals surface area (Å²) in [7, 11) is 0. The Morgan fingerprint density at radius 2 is 1.77 bits per heavy atom. The third-order valence-corrected chi connectivity index (χ3v) is 4.48. The van der Waals surface area contributed by atoms with E-state index >= 15 is 0 Å². The molecule has 0 spiro atoms. The molecule has 0 saturated carbocycles. The standard InChI is InChI=1S/C16H15BrCl2N2S/c1-9-5-12(17)6-10(2)15(9)21-16(22)20-8-11-3-4-13(18)7-14(11)19/h3-7H,8H2,1-2H3,(H2,20,21,22). The van der Waals surface area contributed by atoms with E-state index in [-0.39, 0.29) is 0 Å². The third-order valence-electron chi connectivity index (χ3n) is 3.19. The van der Waals surface area contributed by atoms with Gasteiger partial charge in [-0.25, -0.2) is 0 Å². The van der Waals surface area contributed by atoms with E-state index < -0.39 is 0 Å². The van der Waals surface area contributed by atoms with E-state index in [4.69, 9.17) is 35.4 Å². The predicted octanol–water partition coefficient (Wildman–Crippen LogP) is 5.86. The summed E-state index contributed by atoms with van der Waals surface area (Å²) >= 11 is 20.9. The van der Waals surface area contributed by atoms with E-state index in [9.17, 15) is 0 Å². The fourth-order valence-corrected chi connectivity index (χ4v) is 3.44. The Morgan fingerprint density at radius 1 is 1.14 bits per heavy atom. The van der Waals surface area contributed by atoms with Crippen LogP contribution in [0, 0.1) is 13.8 Å². The van der Waals surface area contributed by atoms with Gasteiger partial charge in [-0.1, -0.05) is 45.2 Å². The van der Waals surface area contributed by atoms with Crippen molar-refractivity contribution in [1.29, 1.82) is 0 Å². The quantitative estimate of drug-likeness (QED) is 0.611. The molecule has 116 valence electrons. The number of rotatable bonds is 3. The van der Waals surface area contributed by atoms with Crippen molar-refractivity contribution < 1.29 is 0 Å². The van der Waals surface area contributed by atoms with Crippen LogP contribution < -0.4 is 10.6 Å². The lowest BCUT2D eigenvalue weighted by Crippen LogP contribution is -2.28. The molecule has 0 aliphatic carbocycles. The minimum atomic E-state index is 0.538. The number of hydrogen-bond acceptors (Lipinski definition) is 1. The van der Waals surface area contributed by atoms with E-state index in [1.807, 2.05) is 38.1 Å². The van der Waals surface area contributed by atoms with Gasteiger partial charge in [0.1, 0.15) is 0 Å². The minimum Gasteiger partial charge on any atom is -0.358 e.